The Bertz CT molecular complexity index is 270. The number of aromatic nitrogens is 4. The van der Waals surface area contributed by atoms with E-state index in [1.54, 1.807) is 0 Å². The third kappa shape index (κ3) is 2.51. The van der Waals surface area contributed by atoms with Crippen LogP contribution in [0, 0.1) is 5.92 Å². The number of nitrogens with zero attached hydrogens (tertiary/aromatic N) is 4. The highest BCUT2D eigenvalue weighted by Gasteiger charge is 2.13. The smallest absolute Gasteiger partial charge is 0.165 e. The average molecular weight is 197 g/mol. The Morgan fingerprint density at radius 3 is 2.71 bits per heavy atom. The van der Waals surface area contributed by atoms with Crippen LogP contribution in [0.3, 0.4) is 0 Å². The molecule has 0 aliphatic carbocycles. The van der Waals surface area contributed by atoms with Gasteiger partial charge in [-0.15, -0.1) is 5.10 Å². The van der Waals surface area contributed by atoms with Crippen LogP contribution in [0.2, 0.25) is 0 Å². The lowest BCUT2D eigenvalue weighted by Gasteiger charge is -2.16. The van der Waals surface area contributed by atoms with E-state index in [0.29, 0.717) is 18.5 Å². The molecule has 1 aromatic heterocycles. The van der Waals surface area contributed by atoms with Gasteiger partial charge in [-0.25, -0.2) is 4.68 Å². The minimum atomic E-state index is 0.332. The number of tetrazole rings is 1. The minimum Gasteiger partial charge on any atom is -0.324 e. The second kappa shape index (κ2) is 5.05. The van der Waals surface area contributed by atoms with Crippen LogP contribution in [0.25, 0.3) is 0 Å². The second-order valence-electron chi connectivity index (χ2n) is 3.84. The Balaban J connectivity index is 2.64. The first-order chi connectivity index (χ1) is 6.69. The van der Waals surface area contributed by atoms with Gasteiger partial charge in [0.1, 0.15) is 0 Å². The van der Waals surface area contributed by atoms with Crippen LogP contribution >= 0.6 is 0 Å². The highest BCUT2D eigenvalue weighted by atomic mass is 15.5. The zero-order chi connectivity index (χ0) is 10.6. The van der Waals surface area contributed by atoms with Crippen molar-refractivity contribution in [3.63, 3.8) is 0 Å². The van der Waals surface area contributed by atoms with Gasteiger partial charge in [-0.05, 0) is 29.7 Å². The van der Waals surface area contributed by atoms with E-state index in [2.05, 4.69) is 36.3 Å². The number of nitrogens with two attached hydrogens (primary N) is 1. The molecule has 0 aliphatic rings. The largest absolute Gasteiger partial charge is 0.324 e. The van der Waals surface area contributed by atoms with Crippen LogP contribution in [0.15, 0.2) is 0 Å². The van der Waals surface area contributed by atoms with Gasteiger partial charge in [0.15, 0.2) is 5.82 Å². The van der Waals surface area contributed by atoms with Crippen molar-refractivity contribution in [3.05, 3.63) is 5.82 Å². The van der Waals surface area contributed by atoms with Gasteiger partial charge in [0.2, 0.25) is 0 Å². The van der Waals surface area contributed by atoms with Crippen molar-refractivity contribution >= 4 is 0 Å². The van der Waals surface area contributed by atoms with Gasteiger partial charge >= 0.3 is 0 Å². The molecule has 5 nitrogen and oxygen atoms in total. The molecular weight excluding hydrogens is 178 g/mol. The van der Waals surface area contributed by atoms with Gasteiger partial charge in [-0.1, -0.05) is 20.3 Å². The molecule has 1 heterocycles. The summed E-state index contributed by atoms with van der Waals surface area (Å²) in [6, 6.07) is 0.332. The van der Waals surface area contributed by atoms with Crippen LogP contribution < -0.4 is 5.73 Å². The fourth-order valence-electron chi connectivity index (χ4n) is 1.54. The van der Waals surface area contributed by atoms with E-state index in [1.807, 2.05) is 4.68 Å². The molecule has 0 amide bonds. The third-order valence-corrected chi connectivity index (χ3v) is 2.60. The van der Waals surface area contributed by atoms with E-state index in [0.717, 1.165) is 12.2 Å². The summed E-state index contributed by atoms with van der Waals surface area (Å²) in [5.74, 6) is 1.46. The van der Waals surface area contributed by atoms with Crippen molar-refractivity contribution in [2.24, 2.45) is 11.7 Å². The maximum absolute atomic E-state index is 5.53. The van der Waals surface area contributed by atoms with Crippen molar-refractivity contribution in [1.82, 2.24) is 20.2 Å². The molecular formula is C9H19N5. The molecule has 80 valence electrons. The van der Waals surface area contributed by atoms with Gasteiger partial charge in [0, 0.05) is 0 Å². The van der Waals surface area contributed by atoms with Crippen molar-refractivity contribution in [2.45, 2.75) is 46.2 Å². The Morgan fingerprint density at radius 1 is 1.43 bits per heavy atom. The van der Waals surface area contributed by atoms with E-state index in [9.17, 15) is 0 Å². The molecule has 0 radical (unpaired) electrons. The predicted molar refractivity (Wildman–Crippen MR) is 54.5 cm³/mol. The maximum Gasteiger partial charge on any atom is 0.165 e. The van der Waals surface area contributed by atoms with Gasteiger partial charge in [0.05, 0.1) is 12.6 Å². The topological polar surface area (TPSA) is 69.6 Å². The first-order valence-corrected chi connectivity index (χ1v) is 5.15. The molecule has 1 aromatic rings. The summed E-state index contributed by atoms with van der Waals surface area (Å²) >= 11 is 0. The summed E-state index contributed by atoms with van der Waals surface area (Å²) in [7, 11) is 0. The molecule has 0 spiro atoms. The van der Waals surface area contributed by atoms with Crippen LogP contribution in [0.5, 0.6) is 0 Å². The molecule has 0 saturated carbocycles. The highest BCUT2D eigenvalue weighted by Crippen LogP contribution is 2.18. The van der Waals surface area contributed by atoms with E-state index in [-0.39, 0.29) is 0 Å². The fourth-order valence-corrected chi connectivity index (χ4v) is 1.54. The first-order valence-electron chi connectivity index (χ1n) is 5.15. The molecule has 0 saturated heterocycles. The highest BCUT2D eigenvalue weighted by molar-refractivity contribution is 4.81. The lowest BCUT2D eigenvalue weighted by Crippen LogP contribution is -2.16. The number of hydrogen-bond acceptors (Lipinski definition) is 4. The molecule has 2 unspecified atom stereocenters. The van der Waals surface area contributed by atoms with Crippen molar-refractivity contribution in [2.75, 3.05) is 0 Å². The summed E-state index contributed by atoms with van der Waals surface area (Å²) in [6.45, 7) is 6.96. The standard InChI is InChI=1S/C9H19N5/c1-4-7(2)5-8(3)14-9(6-10)11-12-13-14/h7-8H,4-6,10H2,1-3H3. The van der Waals surface area contributed by atoms with Crippen LogP contribution in [-0.2, 0) is 6.54 Å². The molecule has 2 N–H and O–H groups in total. The van der Waals surface area contributed by atoms with E-state index in [4.69, 9.17) is 5.73 Å². The number of hydrogen-bond donors (Lipinski definition) is 1. The fraction of sp³-hybridized carbons (Fsp3) is 0.889. The second-order valence-corrected chi connectivity index (χ2v) is 3.84. The Kier molecular flexibility index (Phi) is 4.00. The average Bonchev–Trinajstić information content (AvgIpc) is 2.65. The molecule has 1 rings (SSSR count). The van der Waals surface area contributed by atoms with E-state index < -0.39 is 0 Å². The van der Waals surface area contributed by atoms with Crippen molar-refractivity contribution < 1.29 is 0 Å². The zero-order valence-corrected chi connectivity index (χ0v) is 9.14. The first kappa shape index (κ1) is 11.1. The maximum atomic E-state index is 5.53. The van der Waals surface area contributed by atoms with Crippen molar-refractivity contribution in [1.29, 1.82) is 0 Å². The van der Waals surface area contributed by atoms with Gasteiger partial charge < -0.3 is 5.73 Å². The summed E-state index contributed by atoms with van der Waals surface area (Å²) in [6.07, 6.45) is 2.28. The van der Waals surface area contributed by atoms with Gasteiger partial charge in [-0.3, -0.25) is 0 Å². The normalized spacial score (nSPS) is 15.4. The lowest BCUT2D eigenvalue weighted by atomic mass is 10.0. The SMILES string of the molecule is CCC(C)CC(C)n1nnnc1CN. The predicted octanol–water partition coefficient (Wildman–Crippen LogP) is 1.13. The lowest BCUT2D eigenvalue weighted by molar-refractivity contribution is 0.361. The van der Waals surface area contributed by atoms with Gasteiger partial charge in [0.25, 0.3) is 0 Å². The zero-order valence-electron chi connectivity index (χ0n) is 9.14. The van der Waals surface area contributed by atoms with Gasteiger partial charge in [-0.2, -0.15) is 0 Å². The summed E-state index contributed by atoms with van der Waals surface area (Å²) in [5.41, 5.74) is 5.53. The van der Waals surface area contributed by atoms with E-state index in [1.165, 1.54) is 6.42 Å². The molecule has 0 aromatic carbocycles. The minimum absolute atomic E-state index is 0.332. The Hall–Kier alpha value is -0.970. The van der Waals surface area contributed by atoms with E-state index >= 15 is 0 Å². The summed E-state index contributed by atoms with van der Waals surface area (Å²) < 4.78 is 1.83. The number of rotatable bonds is 5. The van der Waals surface area contributed by atoms with Crippen LogP contribution in [-0.4, -0.2) is 20.2 Å². The van der Waals surface area contributed by atoms with Crippen LogP contribution in [0.1, 0.15) is 45.5 Å². The molecule has 0 fully saturated rings. The molecule has 0 aliphatic heterocycles. The molecule has 14 heavy (non-hydrogen) atoms. The molecule has 5 heteroatoms. The molecule has 0 bridgehead atoms. The third-order valence-electron chi connectivity index (χ3n) is 2.60. The summed E-state index contributed by atoms with van der Waals surface area (Å²) in [4.78, 5) is 0. The monoisotopic (exact) mass is 197 g/mol. The Morgan fingerprint density at radius 2 is 2.14 bits per heavy atom. The van der Waals surface area contributed by atoms with Crippen LogP contribution in [0.4, 0.5) is 0 Å². The summed E-state index contributed by atoms with van der Waals surface area (Å²) in [5, 5.41) is 11.4. The Labute approximate surface area is 84.7 Å². The quantitative estimate of drug-likeness (QED) is 0.768. The molecule has 2 atom stereocenters. The van der Waals surface area contributed by atoms with Crippen molar-refractivity contribution in [3.8, 4) is 0 Å².